The normalized spacial score (nSPS) is 10.6. The third kappa shape index (κ3) is 3.65. The first-order valence-corrected chi connectivity index (χ1v) is 5.50. The second-order valence-corrected chi connectivity index (χ2v) is 3.79. The van der Waals surface area contributed by atoms with Crippen LogP contribution < -0.4 is 5.32 Å². The second kappa shape index (κ2) is 6.12. The molecule has 0 amide bonds. The summed E-state index contributed by atoms with van der Waals surface area (Å²) in [5.41, 5.74) is 2.42. The minimum atomic E-state index is 0.649. The molecule has 5 heteroatoms. The van der Waals surface area contributed by atoms with Crippen molar-refractivity contribution in [1.82, 2.24) is 20.5 Å². The van der Waals surface area contributed by atoms with Gasteiger partial charge in [0, 0.05) is 13.7 Å². The molecular weight excluding hydrogens is 216 g/mol. The van der Waals surface area contributed by atoms with Crippen LogP contribution in [0.2, 0.25) is 0 Å². The number of methoxy groups -OCH3 is 1. The van der Waals surface area contributed by atoms with Crippen LogP contribution in [0.5, 0.6) is 0 Å². The molecule has 0 atom stereocenters. The van der Waals surface area contributed by atoms with E-state index in [9.17, 15) is 0 Å². The largest absolute Gasteiger partial charge is 0.380 e. The minimum Gasteiger partial charge on any atom is -0.380 e. The highest BCUT2D eigenvalue weighted by molar-refractivity contribution is 5.22. The standard InChI is InChI=1S/C12H16N4O/c1-17-8-11-4-2-3-10(5-11)6-13-7-12-14-9-15-16-12/h2-5,9,13H,6-8H2,1H3,(H,14,15,16). The number of hydrogen-bond acceptors (Lipinski definition) is 4. The molecule has 1 aromatic heterocycles. The van der Waals surface area contributed by atoms with E-state index in [4.69, 9.17) is 4.74 Å². The highest BCUT2D eigenvalue weighted by Gasteiger charge is 1.97. The van der Waals surface area contributed by atoms with E-state index >= 15 is 0 Å². The maximum atomic E-state index is 5.10. The molecule has 17 heavy (non-hydrogen) atoms. The third-order valence-electron chi connectivity index (χ3n) is 2.39. The van der Waals surface area contributed by atoms with Gasteiger partial charge in [-0.2, -0.15) is 5.10 Å². The zero-order valence-electron chi connectivity index (χ0n) is 9.81. The molecule has 90 valence electrons. The zero-order valence-corrected chi connectivity index (χ0v) is 9.81. The van der Waals surface area contributed by atoms with E-state index in [1.54, 1.807) is 7.11 Å². The van der Waals surface area contributed by atoms with Gasteiger partial charge in [-0.15, -0.1) is 0 Å². The van der Waals surface area contributed by atoms with Gasteiger partial charge in [-0.3, -0.25) is 5.10 Å². The van der Waals surface area contributed by atoms with Gasteiger partial charge in [0.15, 0.2) is 0 Å². The molecule has 0 saturated carbocycles. The molecule has 1 heterocycles. The van der Waals surface area contributed by atoms with Crippen LogP contribution in [0.1, 0.15) is 17.0 Å². The number of H-pyrrole nitrogens is 1. The molecule has 0 unspecified atom stereocenters. The van der Waals surface area contributed by atoms with Crippen LogP contribution in [0.25, 0.3) is 0 Å². The summed E-state index contributed by atoms with van der Waals surface area (Å²) in [6, 6.07) is 8.33. The molecule has 2 rings (SSSR count). The van der Waals surface area contributed by atoms with E-state index in [1.807, 2.05) is 6.07 Å². The van der Waals surface area contributed by atoms with Crippen molar-refractivity contribution in [2.75, 3.05) is 7.11 Å². The Morgan fingerprint density at radius 2 is 2.18 bits per heavy atom. The van der Waals surface area contributed by atoms with Crippen LogP contribution in [0, 0.1) is 0 Å². The molecule has 1 aromatic carbocycles. The Hall–Kier alpha value is -1.72. The highest BCUT2D eigenvalue weighted by Crippen LogP contribution is 2.06. The van der Waals surface area contributed by atoms with E-state index in [-0.39, 0.29) is 0 Å². The summed E-state index contributed by atoms with van der Waals surface area (Å²) in [5, 5.41) is 9.90. The molecule has 0 radical (unpaired) electrons. The number of nitrogens with zero attached hydrogens (tertiary/aromatic N) is 2. The smallest absolute Gasteiger partial charge is 0.138 e. The fourth-order valence-corrected chi connectivity index (χ4v) is 1.64. The first kappa shape index (κ1) is 11.8. The summed E-state index contributed by atoms with van der Waals surface area (Å²) in [6.07, 6.45) is 1.51. The molecule has 0 aliphatic rings. The van der Waals surface area contributed by atoms with Crippen molar-refractivity contribution in [2.45, 2.75) is 19.7 Å². The predicted octanol–water partition coefficient (Wildman–Crippen LogP) is 1.24. The Kier molecular flexibility index (Phi) is 4.23. The lowest BCUT2D eigenvalue weighted by Gasteiger charge is -2.05. The number of aromatic nitrogens is 3. The molecule has 2 aromatic rings. The fraction of sp³-hybridized carbons (Fsp3) is 0.333. The van der Waals surface area contributed by atoms with Crippen LogP contribution >= 0.6 is 0 Å². The van der Waals surface area contributed by atoms with Crippen molar-refractivity contribution in [1.29, 1.82) is 0 Å². The minimum absolute atomic E-state index is 0.649. The Balaban J connectivity index is 1.84. The molecule has 5 nitrogen and oxygen atoms in total. The van der Waals surface area contributed by atoms with Gasteiger partial charge in [0.25, 0.3) is 0 Å². The number of ether oxygens (including phenoxy) is 1. The molecule has 0 spiro atoms. The number of hydrogen-bond donors (Lipinski definition) is 2. The summed E-state index contributed by atoms with van der Waals surface area (Å²) in [5.74, 6) is 0.845. The van der Waals surface area contributed by atoms with Gasteiger partial charge in [0.05, 0.1) is 13.2 Å². The van der Waals surface area contributed by atoms with Gasteiger partial charge < -0.3 is 10.1 Å². The predicted molar refractivity (Wildman–Crippen MR) is 64.1 cm³/mol. The van der Waals surface area contributed by atoms with Gasteiger partial charge in [0.1, 0.15) is 12.2 Å². The van der Waals surface area contributed by atoms with Crippen LogP contribution in [0.3, 0.4) is 0 Å². The van der Waals surface area contributed by atoms with Crippen LogP contribution in [0.15, 0.2) is 30.6 Å². The van der Waals surface area contributed by atoms with Gasteiger partial charge in [-0.25, -0.2) is 4.98 Å². The molecule has 0 aliphatic heterocycles. The quantitative estimate of drug-likeness (QED) is 0.786. The molecule has 2 N–H and O–H groups in total. The lowest BCUT2D eigenvalue weighted by molar-refractivity contribution is 0.185. The van der Waals surface area contributed by atoms with Crippen molar-refractivity contribution in [3.05, 3.63) is 47.5 Å². The van der Waals surface area contributed by atoms with Crippen molar-refractivity contribution in [3.8, 4) is 0 Å². The monoisotopic (exact) mass is 232 g/mol. The molecule has 0 fully saturated rings. The number of rotatable bonds is 6. The van der Waals surface area contributed by atoms with E-state index in [0.717, 1.165) is 12.4 Å². The molecular formula is C12H16N4O. The summed E-state index contributed by atoms with van der Waals surface area (Å²) < 4.78 is 5.10. The van der Waals surface area contributed by atoms with Gasteiger partial charge in [0.2, 0.25) is 0 Å². The Morgan fingerprint density at radius 1 is 1.29 bits per heavy atom. The second-order valence-electron chi connectivity index (χ2n) is 3.79. The van der Waals surface area contributed by atoms with Gasteiger partial charge in [-0.1, -0.05) is 24.3 Å². The fourth-order valence-electron chi connectivity index (χ4n) is 1.64. The Bertz CT molecular complexity index is 442. The molecule has 0 saturated heterocycles. The van der Waals surface area contributed by atoms with Crippen LogP contribution in [-0.2, 0) is 24.4 Å². The third-order valence-corrected chi connectivity index (χ3v) is 2.39. The number of aromatic amines is 1. The first-order chi connectivity index (χ1) is 8.38. The lowest BCUT2D eigenvalue weighted by Crippen LogP contribution is -2.13. The maximum Gasteiger partial charge on any atom is 0.138 e. The Labute approximate surface area is 100 Å². The van der Waals surface area contributed by atoms with E-state index in [0.29, 0.717) is 13.2 Å². The van der Waals surface area contributed by atoms with Crippen molar-refractivity contribution in [2.24, 2.45) is 0 Å². The van der Waals surface area contributed by atoms with Crippen LogP contribution in [-0.4, -0.2) is 22.3 Å². The van der Waals surface area contributed by atoms with Gasteiger partial charge >= 0.3 is 0 Å². The highest BCUT2D eigenvalue weighted by atomic mass is 16.5. The summed E-state index contributed by atoms with van der Waals surface area (Å²) >= 11 is 0. The number of benzene rings is 1. The van der Waals surface area contributed by atoms with E-state index < -0.39 is 0 Å². The van der Waals surface area contributed by atoms with E-state index in [1.165, 1.54) is 17.5 Å². The summed E-state index contributed by atoms with van der Waals surface area (Å²) in [7, 11) is 1.70. The zero-order chi connectivity index (χ0) is 11.9. The Morgan fingerprint density at radius 3 is 2.94 bits per heavy atom. The average molecular weight is 232 g/mol. The average Bonchev–Trinajstić information content (AvgIpc) is 2.83. The molecule has 0 bridgehead atoms. The SMILES string of the molecule is COCc1cccc(CNCc2ncn[nH]2)c1. The maximum absolute atomic E-state index is 5.10. The summed E-state index contributed by atoms with van der Waals surface area (Å²) in [6.45, 7) is 2.14. The van der Waals surface area contributed by atoms with Crippen molar-refractivity contribution < 1.29 is 4.74 Å². The topological polar surface area (TPSA) is 62.8 Å². The summed E-state index contributed by atoms with van der Waals surface area (Å²) in [4.78, 5) is 4.05. The number of nitrogens with one attached hydrogen (secondary N) is 2. The first-order valence-electron chi connectivity index (χ1n) is 5.50. The lowest BCUT2D eigenvalue weighted by atomic mass is 10.1. The van der Waals surface area contributed by atoms with Crippen molar-refractivity contribution >= 4 is 0 Å². The van der Waals surface area contributed by atoms with Crippen molar-refractivity contribution in [3.63, 3.8) is 0 Å². The molecule has 0 aliphatic carbocycles. The van der Waals surface area contributed by atoms with E-state index in [2.05, 4.69) is 38.7 Å². The van der Waals surface area contributed by atoms with Gasteiger partial charge in [-0.05, 0) is 11.1 Å². The van der Waals surface area contributed by atoms with Crippen LogP contribution in [0.4, 0.5) is 0 Å².